The minimum Gasteiger partial charge on any atom is -0.497 e. The van der Waals surface area contributed by atoms with E-state index < -0.39 is 25.7 Å². The van der Waals surface area contributed by atoms with Gasteiger partial charge in [-0.2, -0.15) is 0 Å². The second kappa shape index (κ2) is 16.1. The molecule has 1 aromatic heterocycles. The number of halogens is 1. The summed E-state index contributed by atoms with van der Waals surface area (Å²) in [6.07, 6.45) is 1.02. The molecule has 4 aromatic carbocycles. The van der Waals surface area contributed by atoms with E-state index in [4.69, 9.17) is 9.47 Å². The van der Waals surface area contributed by atoms with Gasteiger partial charge < -0.3 is 29.9 Å². The molecule has 1 saturated heterocycles. The van der Waals surface area contributed by atoms with E-state index in [9.17, 15) is 15.0 Å². The number of carbonyl (C=O) groups excluding carboxylic acids is 2. The fraction of sp³-hybridized carbons (Fsp3) is 0.349. The summed E-state index contributed by atoms with van der Waals surface area (Å²) in [6.45, 7) is 8.97. The van der Waals surface area contributed by atoms with Gasteiger partial charge in [-0.1, -0.05) is 101 Å². The van der Waals surface area contributed by atoms with E-state index in [1.54, 1.807) is 18.1 Å². The quantitative estimate of drug-likeness (QED) is 0.117. The average Bonchev–Trinajstić information content (AvgIpc) is 3.85. The SMILES string of the molecule is COc1ccc([Si](C)(C)[C@H]2[C@H](CCn3cc(C(CO)c4ccccc4)nn3)O[C@@]3(C(=O)N(Cc4cccc(NC(=O)[C@H](C)O)c4)c4ccc(Br)cc43)[C@@H]2C)cc1. The zero-order valence-corrected chi connectivity index (χ0v) is 34.8. The highest BCUT2D eigenvalue weighted by molar-refractivity contribution is 9.10. The van der Waals surface area contributed by atoms with Gasteiger partial charge in [0.1, 0.15) is 11.9 Å². The molecule has 2 aliphatic rings. The van der Waals surface area contributed by atoms with Crippen LogP contribution in [0.25, 0.3) is 0 Å². The largest absolute Gasteiger partial charge is 0.497 e. The second-order valence-corrected chi connectivity index (χ2v) is 21.0. The number of aromatic nitrogens is 3. The Kier molecular flexibility index (Phi) is 11.3. The lowest BCUT2D eigenvalue weighted by Crippen LogP contribution is -2.51. The van der Waals surface area contributed by atoms with Crippen LogP contribution in [0.3, 0.4) is 0 Å². The summed E-state index contributed by atoms with van der Waals surface area (Å²) in [5.74, 6) is -0.343. The number of hydrogen-bond acceptors (Lipinski definition) is 8. The standard InChI is InChI=1S/C43H48BrN5O6Si/c1-27-40(56(4,5)34-17-15-33(54-3)16-18-34)39(20-21-48-25-37(46-47-48)35(26-50)30-11-7-6-8-12-30)55-43(27)36-23-31(44)14-19-38(36)49(42(43)53)24-29-10-9-13-32(22-29)45-41(52)28(2)51/h6-19,22-23,25,27-28,35,39-40,50-51H,20-21,24,26H2,1-5H3,(H,45,52)/t27-,28+,35?,39+,40-,43+/m1/s1. The molecule has 13 heteroatoms. The summed E-state index contributed by atoms with van der Waals surface area (Å²) in [5, 5.41) is 33.0. The van der Waals surface area contributed by atoms with Crippen LogP contribution in [0, 0.1) is 5.92 Å². The van der Waals surface area contributed by atoms with E-state index in [2.05, 4.69) is 63.7 Å². The third-order valence-electron chi connectivity index (χ3n) is 11.7. The Labute approximate surface area is 336 Å². The van der Waals surface area contributed by atoms with Gasteiger partial charge in [-0.25, -0.2) is 0 Å². The van der Waals surface area contributed by atoms with Crippen LogP contribution in [0.15, 0.2) is 108 Å². The molecular formula is C43H48BrN5O6Si. The smallest absolute Gasteiger partial charge is 0.264 e. The molecule has 5 aromatic rings. The summed E-state index contributed by atoms with van der Waals surface area (Å²) in [5.41, 5.74) is 3.38. The van der Waals surface area contributed by atoms with Crippen molar-refractivity contribution in [2.75, 3.05) is 23.9 Å². The number of fused-ring (bicyclic) bond motifs is 2. The summed E-state index contributed by atoms with van der Waals surface area (Å²) in [6, 6.07) is 31.4. The third kappa shape index (κ3) is 7.34. The zero-order valence-electron chi connectivity index (χ0n) is 32.2. The molecular weight excluding hydrogens is 790 g/mol. The third-order valence-corrected chi connectivity index (χ3v) is 16.5. The van der Waals surface area contributed by atoms with Crippen molar-refractivity contribution in [3.63, 3.8) is 0 Å². The van der Waals surface area contributed by atoms with Crippen LogP contribution in [0.5, 0.6) is 5.75 Å². The van der Waals surface area contributed by atoms with E-state index in [0.29, 0.717) is 24.3 Å². The van der Waals surface area contributed by atoms with Crippen LogP contribution < -0.4 is 20.1 Å². The number of aryl methyl sites for hydroxylation is 1. The van der Waals surface area contributed by atoms with Crippen molar-refractivity contribution in [3.05, 3.63) is 130 Å². The first kappa shape index (κ1) is 39.6. The number of carbonyl (C=O) groups is 2. The molecule has 0 radical (unpaired) electrons. The fourth-order valence-electron chi connectivity index (χ4n) is 8.79. The van der Waals surface area contributed by atoms with Gasteiger partial charge >= 0.3 is 0 Å². The van der Waals surface area contributed by atoms with Crippen molar-refractivity contribution in [3.8, 4) is 5.75 Å². The molecule has 7 rings (SSSR count). The predicted octanol–water partition coefficient (Wildman–Crippen LogP) is 6.35. The summed E-state index contributed by atoms with van der Waals surface area (Å²) < 4.78 is 15.5. The molecule has 1 fully saturated rings. The molecule has 11 nitrogen and oxygen atoms in total. The molecule has 0 aliphatic carbocycles. The first-order valence-corrected chi connectivity index (χ1v) is 22.8. The Balaban J connectivity index is 1.24. The van der Waals surface area contributed by atoms with Crippen molar-refractivity contribution in [1.82, 2.24) is 15.0 Å². The number of amides is 2. The lowest BCUT2D eigenvalue weighted by molar-refractivity contribution is -0.146. The fourth-order valence-corrected chi connectivity index (χ4v) is 13.2. The molecule has 3 heterocycles. The maximum absolute atomic E-state index is 15.3. The number of aliphatic hydroxyl groups is 2. The number of aliphatic hydroxyl groups excluding tert-OH is 2. The molecule has 56 heavy (non-hydrogen) atoms. The van der Waals surface area contributed by atoms with Crippen LogP contribution >= 0.6 is 15.9 Å². The highest BCUT2D eigenvalue weighted by Crippen LogP contribution is 2.60. The maximum Gasteiger partial charge on any atom is 0.264 e. The molecule has 1 spiro atoms. The van der Waals surface area contributed by atoms with Gasteiger partial charge in [0.15, 0.2) is 5.60 Å². The number of rotatable bonds is 13. The minimum absolute atomic E-state index is 0.0168. The van der Waals surface area contributed by atoms with E-state index >= 15 is 4.79 Å². The van der Waals surface area contributed by atoms with Crippen LogP contribution in [0.2, 0.25) is 18.6 Å². The minimum atomic E-state index is -2.40. The first-order valence-electron chi connectivity index (χ1n) is 19.0. The summed E-state index contributed by atoms with van der Waals surface area (Å²) >= 11 is 3.70. The van der Waals surface area contributed by atoms with Crippen LogP contribution in [0.1, 0.15) is 48.6 Å². The maximum atomic E-state index is 15.3. The molecule has 0 bridgehead atoms. The Morgan fingerprint density at radius 2 is 1.80 bits per heavy atom. The van der Waals surface area contributed by atoms with Crippen molar-refractivity contribution < 1.29 is 29.3 Å². The molecule has 6 atom stereocenters. The van der Waals surface area contributed by atoms with Crippen LogP contribution in [0.4, 0.5) is 11.4 Å². The lowest BCUT2D eigenvalue weighted by atomic mass is 9.82. The van der Waals surface area contributed by atoms with Gasteiger partial charge in [0, 0.05) is 34.4 Å². The number of methoxy groups -OCH3 is 1. The number of benzene rings is 4. The van der Waals surface area contributed by atoms with Crippen molar-refractivity contribution in [1.29, 1.82) is 0 Å². The van der Waals surface area contributed by atoms with E-state index in [-0.39, 0.29) is 42.5 Å². The zero-order chi connectivity index (χ0) is 39.8. The van der Waals surface area contributed by atoms with Gasteiger partial charge in [0.25, 0.3) is 11.8 Å². The highest BCUT2D eigenvalue weighted by atomic mass is 79.9. The Morgan fingerprint density at radius 1 is 1.05 bits per heavy atom. The number of ether oxygens (including phenoxy) is 2. The molecule has 2 aliphatic heterocycles. The lowest BCUT2D eigenvalue weighted by Gasteiger charge is -2.37. The van der Waals surface area contributed by atoms with Gasteiger partial charge in [-0.3, -0.25) is 14.3 Å². The average molecular weight is 839 g/mol. The van der Waals surface area contributed by atoms with Gasteiger partial charge in [-0.05, 0) is 72.5 Å². The van der Waals surface area contributed by atoms with Gasteiger partial charge in [-0.15, -0.1) is 5.10 Å². The Bertz CT molecular complexity index is 2200. The van der Waals surface area contributed by atoms with E-state index in [1.165, 1.54) is 12.1 Å². The molecule has 2 amide bonds. The van der Waals surface area contributed by atoms with Crippen LogP contribution in [-0.2, 0) is 33.0 Å². The number of nitrogens with one attached hydrogen (secondary N) is 1. The predicted molar refractivity (Wildman–Crippen MR) is 222 cm³/mol. The second-order valence-electron chi connectivity index (χ2n) is 15.4. The van der Waals surface area contributed by atoms with E-state index in [1.807, 2.05) is 89.7 Å². The number of hydrogen-bond donors (Lipinski definition) is 3. The van der Waals surface area contributed by atoms with E-state index in [0.717, 1.165) is 32.6 Å². The monoisotopic (exact) mass is 837 g/mol. The van der Waals surface area contributed by atoms with Gasteiger partial charge in [0.05, 0.1) is 51.7 Å². The number of anilines is 2. The topological polar surface area (TPSA) is 139 Å². The molecule has 3 N–H and O–H groups in total. The summed E-state index contributed by atoms with van der Waals surface area (Å²) in [7, 11) is -0.734. The van der Waals surface area contributed by atoms with Crippen LogP contribution in [-0.4, -0.2) is 71.0 Å². The first-order chi connectivity index (χ1) is 26.9. The van der Waals surface area contributed by atoms with Crippen molar-refractivity contribution in [2.45, 2.75) is 75.7 Å². The Hall–Kier alpha value is -4.66. The molecule has 292 valence electrons. The molecule has 1 unspecified atom stereocenters. The van der Waals surface area contributed by atoms with Crippen molar-refractivity contribution in [2.24, 2.45) is 5.92 Å². The molecule has 0 saturated carbocycles. The van der Waals surface area contributed by atoms with Crippen molar-refractivity contribution >= 4 is 52.4 Å². The van der Waals surface area contributed by atoms with Gasteiger partial charge in [0.2, 0.25) is 0 Å². The summed E-state index contributed by atoms with van der Waals surface area (Å²) in [4.78, 5) is 29.3. The normalized spacial score (nSPS) is 21.6. The highest BCUT2D eigenvalue weighted by Gasteiger charge is 2.66. The Morgan fingerprint density at radius 3 is 2.50 bits per heavy atom. The number of nitrogens with zero attached hydrogens (tertiary/aromatic N) is 4.